The van der Waals surface area contributed by atoms with Crippen molar-refractivity contribution < 1.29 is 32.3 Å². The Morgan fingerprint density at radius 3 is 2.40 bits per heavy atom. The van der Waals surface area contributed by atoms with Crippen LogP contribution in [0.3, 0.4) is 0 Å². The second-order valence-electron chi connectivity index (χ2n) is 9.31. The third-order valence-corrected chi connectivity index (χ3v) is 7.84. The van der Waals surface area contributed by atoms with Crippen molar-refractivity contribution in [2.75, 3.05) is 26.9 Å². The fourth-order valence-corrected chi connectivity index (χ4v) is 5.21. The lowest BCUT2D eigenvalue weighted by Gasteiger charge is -2.36. The SMILES string of the molecule is COC1(c2cccc(OC/C(=N\O)c3nc(-c4ccccc4)c(-c4ccc(S(N)(=O)=O)cc4)o3)c2)CCOCC1. The van der Waals surface area contributed by atoms with Gasteiger partial charge >= 0.3 is 0 Å². The number of ether oxygens (including phenoxy) is 3. The normalized spacial score (nSPS) is 15.6. The van der Waals surface area contributed by atoms with Crippen LogP contribution in [0.1, 0.15) is 24.3 Å². The number of benzene rings is 3. The Labute approximate surface area is 232 Å². The maximum Gasteiger partial charge on any atom is 0.249 e. The van der Waals surface area contributed by atoms with E-state index >= 15 is 0 Å². The molecule has 208 valence electrons. The molecule has 3 aromatic carbocycles. The number of primary sulfonamides is 1. The lowest BCUT2D eigenvalue weighted by Crippen LogP contribution is -2.35. The summed E-state index contributed by atoms with van der Waals surface area (Å²) in [7, 11) is -2.16. The van der Waals surface area contributed by atoms with Crippen molar-refractivity contribution in [1.29, 1.82) is 0 Å². The minimum absolute atomic E-state index is 0.0264. The van der Waals surface area contributed by atoms with E-state index in [-0.39, 0.29) is 23.1 Å². The van der Waals surface area contributed by atoms with Gasteiger partial charge in [-0.3, -0.25) is 0 Å². The van der Waals surface area contributed by atoms with Crippen LogP contribution >= 0.6 is 0 Å². The molecule has 0 aliphatic carbocycles. The molecule has 40 heavy (non-hydrogen) atoms. The smallest absolute Gasteiger partial charge is 0.249 e. The quantitative estimate of drug-likeness (QED) is 0.171. The average Bonchev–Trinajstić information content (AvgIpc) is 3.43. The summed E-state index contributed by atoms with van der Waals surface area (Å²) in [5, 5.41) is 18.5. The number of oxazole rings is 1. The summed E-state index contributed by atoms with van der Waals surface area (Å²) >= 11 is 0. The number of rotatable bonds is 9. The van der Waals surface area contributed by atoms with E-state index in [0.717, 1.165) is 24.0 Å². The first-order chi connectivity index (χ1) is 19.3. The molecule has 1 aliphatic rings. The van der Waals surface area contributed by atoms with Gasteiger partial charge in [0.1, 0.15) is 18.1 Å². The van der Waals surface area contributed by atoms with Gasteiger partial charge in [0.05, 0.1) is 10.5 Å². The number of aromatic nitrogens is 1. The summed E-state index contributed by atoms with van der Waals surface area (Å²) in [5.41, 5.74) is 2.41. The zero-order valence-corrected chi connectivity index (χ0v) is 22.6. The lowest BCUT2D eigenvalue weighted by atomic mass is 9.86. The molecule has 1 aliphatic heterocycles. The monoisotopic (exact) mass is 563 g/mol. The van der Waals surface area contributed by atoms with Crippen molar-refractivity contribution in [2.24, 2.45) is 10.3 Å². The minimum Gasteiger partial charge on any atom is -0.487 e. The molecule has 0 radical (unpaired) electrons. The summed E-state index contributed by atoms with van der Waals surface area (Å²) in [6, 6.07) is 22.9. The van der Waals surface area contributed by atoms with Gasteiger partial charge in [0.2, 0.25) is 15.9 Å². The maximum atomic E-state index is 11.7. The minimum atomic E-state index is -3.86. The number of methoxy groups -OCH3 is 1. The summed E-state index contributed by atoms with van der Waals surface area (Å²) in [6.45, 7) is 1.10. The van der Waals surface area contributed by atoms with Crippen molar-refractivity contribution in [3.05, 3.63) is 90.3 Å². The Morgan fingerprint density at radius 2 is 1.75 bits per heavy atom. The highest BCUT2D eigenvalue weighted by Crippen LogP contribution is 2.37. The fraction of sp³-hybridized carbons (Fsp3) is 0.241. The largest absolute Gasteiger partial charge is 0.487 e. The van der Waals surface area contributed by atoms with Crippen LogP contribution in [0.4, 0.5) is 0 Å². The van der Waals surface area contributed by atoms with Crippen molar-refractivity contribution in [2.45, 2.75) is 23.3 Å². The molecule has 10 nitrogen and oxygen atoms in total. The highest BCUT2D eigenvalue weighted by Gasteiger charge is 2.34. The van der Waals surface area contributed by atoms with Crippen LogP contribution in [0.2, 0.25) is 0 Å². The lowest BCUT2D eigenvalue weighted by molar-refractivity contribution is -0.0948. The van der Waals surface area contributed by atoms with Gasteiger partial charge in [-0.25, -0.2) is 18.5 Å². The van der Waals surface area contributed by atoms with Gasteiger partial charge in [0.15, 0.2) is 11.5 Å². The third-order valence-electron chi connectivity index (χ3n) is 6.91. The van der Waals surface area contributed by atoms with E-state index in [9.17, 15) is 13.6 Å². The van der Waals surface area contributed by atoms with Crippen LogP contribution in [0.15, 0.2) is 93.3 Å². The summed E-state index contributed by atoms with van der Waals surface area (Å²) in [6.07, 6.45) is 1.46. The molecular formula is C29H29N3O7S. The molecule has 2 heterocycles. The molecule has 0 atom stereocenters. The Kier molecular flexibility index (Phi) is 7.99. The van der Waals surface area contributed by atoms with Crippen LogP contribution in [0, 0.1) is 0 Å². The molecule has 0 unspecified atom stereocenters. The van der Waals surface area contributed by atoms with E-state index < -0.39 is 15.6 Å². The van der Waals surface area contributed by atoms with E-state index in [1.54, 1.807) is 19.2 Å². The zero-order chi connectivity index (χ0) is 28.2. The van der Waals surface area contributed by atoms with E-state index in [0.29, 0.717) is 36.0 Å². The number of hydrogen-bond donors (Lipinski definition) is 2. The van der Waals surface area contributed by atoms with Crippen LogP contribution in [-0.2, 0) is 25.1 Å². The molecule has 0 amide bonds. The van der Waals surface area contributed by atoms with Gasteiger partial charge in [0, 0.05) is 44.3 Å². The number of oxime groups is 1. The van der Waals surface area contributed by atoms with Crippen molar-refractivity contribution >= 4 is 15.7 Å². The highest BCUT2D eigenvalue weighted by molar-refractivity contribution is 7.89. The fourth-order valence-electron chi connectivity index (χ4n) is 4.69. The molecule has 5 rings (SSSR count). The number of sulfonamides is 1. The van der Waals surface area contributed by atoms with Gasteiger partial charge in [-0.2, -0.15) is 0 Å². The van der Waals surface area contributed by atoms with Gasteiger partial charge in [-0.05, 0) is 42.0 Å². The van der Waals surface area contributed by atoms with Crippen LogP contribution < -0.4 is 9.88 Å². The van der Waals surface area contributed by atoms with E-state index in [1.807, 2.05) is 54.6 Å². The van der Waals surface area contributed by atoms with Gasteiger partial charge in [0.25, 0.3) is 0 Å². The molecule has 1 saturated heterocycles. The highest BCUT2D eigenvalue weighted by atomic mass is 32.2. The molecule has 1 aromatic heterocycles. The van der Waals surface area contributed by atoms with Crippen LogP contribution in [-0.4, -0.2) is 51.3 Å². The molecule has 0 spiro atoms. The Hall–Kier alpha value is -4.03. The zero-order valence-electron chi connectivity index (χ0n) is 21.8. The van der Waals surface area contributed by atoms with Crippen molar-refractivity contribution in [3.63, 3.8) is 0 Å². The predicted octanol–water partition coefficient (Wildman–Crippen LogP) is 4.57. The van der Waals surface area contributed by atoms with E-state index in [2.05, 4.69) is 10.1 Å². The molecule has 4 aromatic rings. The predicted molar refractivity (Wildman–Crippen MR) is 148 cm³/mol. The van der Waals surface area contributed by atoms with Crippen molar-refractivity contribution in [3.8, 4) is 28.3 Å². The Bertz CT molecular complexity index is 1590. The second kappa shape index (κ2) is 11.6. The van der Waals surface area contributed by atoms with Crippen molar-refractivity contribution in [1.82, 2.24) is 4.98 Å². The topological polar surface area (TPSA) is 146 Å². The number of hydrogen-bond acceptors (Lipinski definition) is 9. The average molecular weight is 564 g/mol. The first-order valence-corrected chi connectivity index (χ1v) is 14.1. The van der Waals surface area contributed by atoms with Gasteiger partial charge < -0.3 is 23.8 Å². The Morgan fingerprint density at radius 1 is 1.02 bits per heavy atom. The van der Waals surface area contributed by atoms with Gasteiger partial charge in [-0.1, -0.05) is 47.6 Å². The van der Waals surface area contributed by atoms with Crippen LogP contribution in [0.25, 0.3) is 22.6 Å². The molecule has 1 fully saturated rings. The molecule has 0 bridgehead atoms. The maximum absolute atomic E-state index is 11.7. The van der Waals surface area contributed by atoms with Gasteiger partial charge in [-0.15, -0.1) is 0 Å². The summed E-state index contributed by atoms with van der Waals surface area (Å²) in [5.74, 6) is 0.989. The van der Waals surface area contributed by atoms with Crippen LogP contribution in [0.5, 0.6) is 5.75 Å². The molecule has 0 saturated carbocycles. The molecule has 3 N–H and O–H groups in total. The summed E-state index contributed by atoms with van der Waals surface area (Å²) in [4.78, 5) is 4.59. The third kappa shape index (κ3) is 5.77. The Balaban J connectivity index is 1.43. The first-order valence-electron chi connectivity index (χ1n) is 12.6. The number of nitrogens with two attached hydrogens (primary N) is 1. The molecular weight excluding hydrogens is 534 g/mol. The number of nitrogens with zero attached hydrogens (tertiary/aromatic N) is 2. The standard InChI is InChI=1S/C29H29N3O7S/c1-36-29(14-16-37-17-15-29)22-8-5-9-23(18-22)38-19-25(32-33)28-31-26(20-6-3-2-4-7-20)27(39-28)21-10-12-24(13-11-21)40(30,34)35/h2-13,18,33H,14-17,19H2,1H3,(H2,30,34,35)/b32-25+. The van der Waals surface area contributed by atoms with E-state index in [4.69, 9.17) is 23.8 Å². The summed E-state index contributed by atoms with van der Waals surface area (Å²) < 4.78 is 46.9. The first kappa shape index (κ1) is 27.5. The second-order valence-corrected chi connectivity index (χ2v) is 10.9. The van der Waals surface area contributed by atoms with E-state index in [1.165, 1.54) is 12.1 Å². The molecule has 11 heteroatoms.